The first-order valence-electron chi connectivity index (χ1n) is 10.1. The molecule has 0 atom stereocenters. The van der Waals surface area contributed by atoms with Crippen molar-refractivity contribution in [3.8, 4) is 0 Å². The molecule has 0 radical (unpaired) electrons. The van der Waals surface area contributed by atoms with Gasteiger partial charge in [0.1, 0.15) is 0 Å². The molecule has 1 N–H and O–H groups in total. The number of aryl methyl sites for hydroxylation is 2. The summed E-state index contributed by atoms with van der Waals surface area (Å²) in [6, 6.07) is 1.44. The minimum Gasteiger partial charge on any atom is -0.348 e. The Labute approximate surface area is 173 Å². The zero-order valence-corrected chi connectivity index (χ0v) is 17.2. The van der Waals surface area contributed by atoms with E-state index < -0.39 is 24.2 Å². The highest BCUT2D eigenvalue weighted by molar-refractivity contribution is 5.80. The Morgan fingerprint density at radius 1 is 1.30 bits per heavy atom. The summed E-state index contributed by atoms with van der Waals surface area (Å²) in [6.45, 7) is 5.15. The SMILES string of the molecule is C/C=C(/c1cc(F)c2ncc(CC)n2c1)c1cnc(NCC(F)(F)C2CC2)nc1C. The van der Waals surface area contributed by atoms with E-state index in [0.29, 0.717) is 29.7 Å². The lowest BCUT2D eigenvalue weighted by atomic mass is 9.99. The second-order valence-electron chi connectivity index (χ2n) is 7.66. The number of allylic oxidation sites excluding steroid dienone is 1. The normalized spacial score (nSPS) is 15.1. The summed E-state index contributed by atoms with van der Waals surface area (Å²) in [4.78, 5) is 12.7. The number of pyridine rings is 1. The topological polar surface area (TPSA) is 55.1 Å². The lowest BCUT2D eigenvalue weighted by molar-refractivity contribution is -0.00832. The zero-order valence-electron chi connectivity index (χ0n) is 17.2. The lowest BCUT2D eigenvalue weighted by Crippen LogP contribution is -2.30. The predicted octanol–water partition coefficient (Wildman–Crippen LogP) is 5.04. The quantitative estimate of drug-likeness (QED) is 0.587. The van der Waals surface area contributed by atoms with Gasteiger partial charge >= 0.3 is 0 Å². The molecule has 1 aliphatic rings. The highest BCUT2D eigenvalue weighted by Crippen LogP contribution is 2.43. The van der Waals surface area contributed by atoms with Crippen LogP contribution in [0.1, 0.15) is 49.2 Å². The molecule has 1 saturated carbocycles. The number of hydrogen-bond acceptors (Lipinski definition) is 4. The van der Waals surface area contributed by atoms with Gasteiger partial charge in [-0.1, -0.05) is 13.0 Å². The van der Waals surface area contributed by atoms with E-state index in [0.717, 1.165) is 17.7 Å². The van der Waals surface area contributed by atoms with Gasteiger partial charge in [-0.25, -0.2) is 28.1 Å². The third-order valence-corrected chi connectivity index (χ3v) is 5.53. The molecular formula is C22H24F3N5. The average molecular weight is 415 g/mol. The van der Waals surface area contributed by atoms with Crippen LogP contribution in [0.4, 0.5) is 19.1 Å². The number of halogens is 3. The van der Waals surface area contributed by atoms with Crippen molar-refractivity contribution in [1.82, 2.24) is 19.4 Å². The summed E-state index contributed by atoms with van der Waals surface area (Å²) in [5.41, 5.74) is 3.97. The van der Waals surface area contributed by atoms with Crippen molar-refractivity contribution in [2.45, 2.75) is 46.0 Å². The van der Waals surface area contributed by atoms with Crippen molar-refractivity contribution >= 4 is 17.2 Å². The van der Waals surface area contributed by atoms with Crippen LogP contribution in [0.5, 0.6) is 0 Å². The Bertz CT molecular complexity index is 1120. The van der Waals surface area contributed by atoms with Gasteiger partial charge < -0.3 is 9.72 Å². The molecule has 30 heavy (non-hydrogen) atoms. The number of hydrogen-bond donors (Lipinski definition) is 1. The maximum atomic E-state index is 14.6. The molecule has 8 heteroatoms. The fraction of sp³-hybridized carbons (Fsp3) is 0.409. The van der Waals surface area contributed by atoms with Crippen LogP contribution in [0.25, 0.3) is 11.2 Å². The van der Waals surface area contributed by atoms with Gasteiger partial charge in [0, 0.05) is 41.3 Å². The molecule has 0 spiro atoms. The van der Waals surface area contributed by atoms with Crippen LogP contribution >= 0.6 is 0 Å². The van der Waals surface area contributed by atoms with Gasteiger partial charge in [-0.05, 0) is 44.7 Å². The molecule has 3 aromatic heterocycles. The molecule has 0 unspecified atom stereocenters. The van der Waals surface area contributed by atoms with Crippen LogP contribution in [-0.4, -0.2) is 31.8 Å². The maximum Gasteiger partial charge on any atom is 0.267 e. The third kappa shape index (κ3) is 3.78. The molecule has 158 valence electrons. The highest BCUT2D eigenvalue weighted by Gasteiger charge is 2.46. The average Bonchev–Trinajstić information content (AvgIpc) is 3.50. The second kappa shape index (κ2) is 7.74. The lowest BCUT2D eigenvalue weighted by Gasteiger charge is -2.17. The second-order valence-corrected chi connectivity index (χ2v) is 7.66. The number of nitrogens with one attached hydrogen (secondary N) is 1. The Morgan fingerprint density at radius 3 is 2.70 bits per heavy atom. The van der Waals surface area contributed by atoms with Crippen molar-refractivity contribution in [3.63, 3.8) is 0 Å². The van der Waals surface area contributed by atoms with E-state index in [2.05, 4.69) is 20.3 Å². The predicted molar refractivity (Wildman–Crippen MR) is 110 cm³/mol. The van der Waals surface area contributed by atoms with Crippen LogP contribution in [0.3, 0.4) is 0 Å². The van der Waals surface area contributed by atoms with Crippen molar-refractivity contribution in [2.75, 3.05) is 11.9 Å². The Kier molecular flexibility index (Phi) is 5.26. The Balaban J connectivity index is 1.63. The van der Waals surface area contributed by atoms with Gasteiger partial charge in [0.25, 0.3) is 5.92 Å². The summed E-state index contributed by atoms with van der Waals surface area (Å²) in [5.74, 6) is -3.54. The highest BCUT2D eigenvalue weighted by atomic mass is 19.3. The Morgan fingerprint density at radius 2 is 2.07 bits per heavy atom. The number of imidazole rings is 1. The fourth-order valence-corrected chi connectivity index (χ4v) is 3.64. The molecular weight excluding hydrogens is 391 g/mol. The molecule has 0 aliphatic heterocycles. The van der Waals surface area contributed by atoms with E-state index in [9.17, 15) is 13.2 Å². The number of fused-ring (bicyclic) bond motifs is 1. The standard InChI is InChI=1S/C22H24F3N5/c1-4-16-9-26-20-19(23)8-14(11-30(16)20)17(5-2)18-10-27-21(29-13(18)3)28-12-22(24,25)15-6-7-15/h5,8-11,15H,4,6-7,12H2,1-3H3,(H,27,28,29)/b17-5-. The molecule has 1 aliphatic carbocycles. The molecule has 5 nitrogen and oxygen atoms in total. The van der Waals surface area contributed by atoms with E-state index in [4.69, 9.17) is 0 Å². The molecule has 4 rings (SSSR count). The minimum absolute atomic E-state index is 0.163. The maximum absolute atomic E-state index is 14.6. The molecule has 0 aromatic carbocycles. The van der Waals surface area contributed by atoms with E-state index in [-0.39, 0.29) is 11.6 Å². The summed E-state index contributed by atoms with van der Waals surface area (Å²) in [5, 5.41) is 2.65. The first-order valence-corrected chi connectivity index (χ1v) is 10.1. The number of rotatable bonds is 7. The smallest absolute Gasteiger partial charge is 0.267 e. The van der Waals surface area contributed by atoms with Crippen LogP contribution < -0.4 is 5.32 Å². The van der Waals surface area contributed by atoms with Crippen LogP contribution in [0, 0.1) is 18.7 Å². The van der Waals surface area contributed by atoms with E-state index >= 15 is 0 Å². The molecule has 3 aromatic rings. The van der Waals surface area contributed by atoms with Crippen LogP contribution in [-0.2, 0) is 6.42 Å². The van der Waals surface area contributed by atoms with Gasteiger partial charge in [-0.3, -0.25) is 0 Å². The van der Waals surface area contributed by atoms with Gasteiger partial charge in [0.2, 0.25) is 5.95 Å². The third-order valence-electron chi connectivity index (χ3n) is 5.53. The summed E-state index contributed by atoms with van der Waals surface area (Å²) in [7, 11) is 0. The van der Waals surface area contributed by atoms with Gasteiger partial charge in [0.05, 0.1) is 12.2 Å². The zero-order chi connectivity index (χ0) is 21.5. The first-order chi connectivity index (χ1) is 14.3. The van der Waals surface area contributed by atoms with Gasteiger partial charge in [0.15, 0.2) is 11.5 Å². The summed E-state index contributed by atoms with van der Waals surface area (Å²) < 4.78 is 44.2. The van der Waals surface area contributed by atoms with E-state index in [1.807, 2.05) is 26.1 Å². The van der Waals surface area contributed by atoms with Crippen molar-refractivity contribution in [2.24, 2.45) is 5.92 Å². The number of aromatic nitrogens is 4. The van der Waals surface area contributed by atoms with Crippen molar-refractivity contribution in [3.05, 3.63) is 59.1 Å². The van der Waals surface area contributed by atoms with Gasteiger partial charge in [-0.2, -0.15) is 0 Å². The van der Waals surface area contributed by atoms with Crippen molar-refractivity contribution < 1.29 is 13.2 Å². The fourth-order valence-electron chi connectivity index (χ4n) is 3.64. The number of nitrogens with zero attached hydrogens (tertiary/aromatic N) is 4. The largest absolute Gasteiger partial charge is 0.348 e. The molecule has 0 amide bonds. The Hall–Kier alpha value is -2.90. The minimum atomic E-state index is -2.75. The van der Waals surface area contributed by atoms with Crippen molar-refractivity contribution in [1.29, 1.82) is 0 Å². The monoisotopic (exact) mass is 415 g/mol. The van der Waals surface area contributed by atoms with Crippen LogP contribution in [0.2, 0.25) is 0 Å². The number of anilines is 1. The molecule has 3 heterocycles. The molecule has 1 fully saturated rings. The summed E-state index contributed by atoms with van der Waals surface area (Å²) >= 11 is 0. The van der Waals surface area contributed by atoms with E-state index in [1.165, 1.54) is 6.07 Å². The molecule has 0 saturated heterocycles. The van der Waals surface area contributed by atoms with Gasteiger partial charge in [-0.15, -0.1) is 0 Å². The van der Waals surface area contributed by atoms with Crippen LogP contribution in [0.15, 0.2) is 30.7 Å². The molecule has 0 bridgehead atoms. The number of alkyl halides is 2. The van der Waals surface area contributed by atoms with E-state index in [1.54, 1.807) is 23.7 Å². The first kappa shape index (κ1) is 20.4. The summed E-state index contributed by atoms with van der Waals surface area (Å²) in [6.07, 6.45) is 8.83.